The first-order valence-electron chi connectivity index (χ1n) is 25.1. The monoisotopic (exact) mass is 1000 g/mol. The Labute approximate surface area is 423 Å². The largest absolute Gasteiger partial charge is 0.444 e. The van der Waals surface area contributed by atoms with E-state index in [1.165, 1.54) is 26.2 Å². The second-order valence-corrected chi connectivity index (χ2v) is 20.6. The summed E-state index contributed by atoms with van der Waals surface area (Å²) in [4.78, 5) is 98.5. The molecule has 2 rings (SSSR count). The van der Waals surface area contributed by atoms with Crippen molar-refractivity contribution in [2.45, 2.75) is 175 Å². The van der Waals surface area contributed by atoms with Crippen LogP contribution in [-0.2, 0) is 42.9 Å². The molecule has 1 aromatic rings. The van der Waals surface area contributed by atoms with Gasteiger partial charge in [-0.2, -0.15) is 0 Å². The fourth-order valence-corrected chi connectivity index (χ4v) is 9.25. The first-order chi connectivity index (χ1) is 33.2. The van der Waals surface area contributed by atoms with Crippen LogP contribution in [0.3, 0.4) is 0 Å². The van der Waals surface area contributed by atoms with Crippen molar-refractivity contribution >= 4 is 41.7 Å². The molecule has 1 aromatic carbocycles. The van der Waals surface area contributed by atoms with E-state index in [9.17, 15) is 33.6 Å². The smallest absolute Gasteiger partial charge is 0.410 e. The number of carbonyl (C=O) groups is 7. The van der Waals surface area contributed by atoms with Crippen molar-refractivity contribution in [3.8, 4) is 0 Å². The van der Waals surface area contributed by atoms with Gasteiger partial charge in [0.05, 0.1) is 48.7 Å². The summed E-state index contributed by atoms with van der Waals surface area (Å²) < 4.78 is 23.8. The highest BCUT2D eigenvalue weighted by Gasteiger charge is 2.44. The summed E-state index contributed by atoms with van der Waals surface area (Å²) in [6, 6.07) is 4.32. The number of ether oxygens (including phenoxy) is 4. The number of nitrogens with zero attached hydrogens (tertiary/aromatic N) is 3. The van der Waals surface area contributed by atoms with Gasteiger partial charge in [-0.3, -0.25) is 28.9 Å². The van der Waals surface area contributed by atoms with E-state index in [-0.39, 0.29) is 55.2 Å². The fourth-order valence-electron chi connectivity index (χ4n) is 9.25. The summed E-state index contributed by atoms with van der Waals surface area (Å²) in [5.41, 5.74) is 11.1. The summed E-state index contributed by atoms with van der Waals surface area (Å²) >= 11 is 0. The molecule has 1 fully saturated rings. The molecule has 71 heavy (non-hydrogen) atoms. The summed E-state index contributed by atoms with van der Waals surface area (Å²) in [6.45, 7) is 20.7. The van der Waals surface area contributed by atoms with Gasteiger partial charge in [-0.05, 0) is 76.7 Å². The summed E-state index contributed by atoms with van der Waals surface area (Å²) in [7, 11) is 6.22. The minimum atomic E-state index is -0.962. The lowest BCUT2D eigenvalue weighted by molar-refractivity contribution is -0.148. The molecule has 0 saturated carbocycles. The van der Waals surface area contributed by atoms with Gasteiger partial charge in [0.15, 0.2) is 0 Å². The molecule has 20 heteroatoms. The summed E-state index contributed by atoms with van der Waals surface area (Å²) in [6.07, 6.45) is -0.0959. The van der Waals surface area contributed by atoms with E-state index in [0.29, 0.717) is 38.6 Å². The third-order valence-corrected chi connectivity index (χ3v) is 13.3. The molecule has 0 aromatic heterocycles. The van der Waals surface area contributed by atoms with E-state index in [4.69, 9.17) is 30.4 Å². The first kappa shape index (κ1) is 62.1. The lowest BCUT2D eigenvalue weighted by Crippen LogP contribution is -2.60. The predicted molar refractivity (Wildman–Crippen MR) is 271 cm³/mol. The number of likely N-dealkylation sites (tertiary alicyclic amines) is 1. The average molecular weight is 1000 g/mol. The molecule has 1 heterocycles. The Hall–Kier alpha value is -5.05. The molecule has 8 N–H and O–H groups in total. The number of urea groups is 1. The van der Waals surface area contributed by atoms with Crippen molar-refractivity contribution in [2.75, 3.05) is 48.1 Å². The topological polar surface area (TPSA) is 266 Å². The van der Waals surface area contributed by atoms with E-state index in [1.807, 2.05) is 71.9 Å². The Morgan fingerprint density at radius 2 is 1.48 bits per heavy atom. The van der Waals surface area contributed by atoms with Gasteiger partial charge in [0.1, 0.15) is 30.5 Å². The maximum Gasteiger partial charge on any atom is 0.410 e. The van der Waals surface area contributed by atoms with Crippen LogP contribution < -0.4 is 32.7 Å². The van der Waals surface area contributed by atoms with E-state index in [0.717, 1.165) is 5.56 Å². The number of primary amides is 1. The number of nitrogens with two attached hydrogens (primary N) is 2. The van der Waals surface area contributed by atoms with Crippen LogP contribution in [0.4, 0.5) is 9.59 Å². The zero-order chi connectivity index (χ0) is 53.9. The van der Waals surface area contributed by atoms with Gasteiger partial charge in [0.25, 0.3) is 0 Å². The maximum absolute atomic E-state index is 14.6. The molecular formula is C51H89N9O11. The predicted octanol–water partition coefficient (Wildman–Crippen LogP) is 4.05. The quantitative estimate of drug-likeness (QED) is 0.0513. The van der Waals surface area contributed by atoms with Crippen LogP contribution in [0.15, 0.2) is 30.3 Å². The van der Waals surface area contributed by atoms with E-state index in [2.05, 4.69) is 21.3 Å². The molecule has 0 unspecified atom stereocenters. The molecule has 0 spiro atoms. The van der Waals surface area contributed by atoms with E-state index < -0.39 is 90.0 Å². The number of nitrogens with one attached hydrogen (secondary N) is 4. The molecule has 11 atom stereocenters. The Balaban J connectivity index is 2.26. The van der Waals surface area contributed by atoms with Gasteiger partial charge in [-0.25, -0.2) is 9.59 Å². The molecular weight excluding hydrogens is 915 g/mol. The van der Waals surface area contributed by atoms with E-state index >= 15 is 0 Å². The minimum Gasteiger partial charge on any atom is -0.444 e. The Morgan fingerprint density at radius 3 is 2.01 bits per heavy atom. The Kier molecular flexibility index (Phi) is 25.8. The zero-order valence-corrected chi connectivity index (χ0v) is 45.2. The second-order valence-electron chi connectivity index (χ2n) is 20.6. The fraction of sp³-hybridized carbons (Fsp3) is 0.745. The van der Waals surface area contributed by atoms with Crippen LogP contribution in [0.2, 0.25) is 0 Å². The number of hydrogen-bond acceptors (Lipinski definition) is 12. The number of likely N-dealkylation sites (N-methyl/N-ethyl adjacent to an activating group) is 2. The molecule has 0 radical (unpaired) electrons. The molecule has 1 aliphatic heterocycles. The van der Waals surface area contributed by atoms with Crippen molar-refractivity contribution < 1.29 is 52.5 Å². The molecule has 1 aliphatic rings. The lowest BCUT2D eigenvalue weighted by Gasteiger charge is -2.41. The van der Waals surface area contributed by atoms with Crippen molar-refractivity contribution in [2.24, 2.45) is 35.1 Å². The van der Waals surface area contributed by atoms with Crippen LogP contribution in [0.25, 0.3) is 0 Å². The lowest BCUT2D eigenvalue weighted by atomic mass is 9.89. The molecule has 20 nitrogen and oxygen atoms in total. The first-order valence-corrected chi connectivity index (χ1v) is 25.1. The number of amides is 8. The van der Waals surface area contributed by atoms with Crippen molar-refractivity contribution in [3.63, 3.8) is 0 Å². The third kappa shape index (κ3) is 18.8. The number of benzene rings is 1. The van der Waals surface area contributed by atoms with Crippen LogP contribution in [0.5, 0.6) is 0 Å². The van der Waals surface area contributed by atoms with Crippen molar-refractivity contribution in [3.05, 3.63) is 35.9 Å². The van der Waals surface area contributed by atoms with Crippen molar-refractivity contribution in [1.82, 2.24) is 36.0 Å². The molecule has 0 bridgehead atoms. The van der Waals surface area contributed by atoms with Crippen LogP contribution in [0, 0.1) is 23.7 Å². The Bertz CT molecular complexity index is 1870. The van der Waals surface area contributed by atoms with Crippen LogP contribution >= 0.6 is 0 Å². The minimum absolute atomic E-state index is 0.0630. The van der Waals surface area contributed by atoms with Crippen LogP contribution in [0.1, 0.15) is 126 Å². The van der Waals surface area contributed by atoms with Gasteiger partial charge in [0.2, 0.25) is 29.5 Å². The van der Waals surface area contributed by atoms with Crippen LogP contribution in [-0.4, -0.2) is 159 Å². The SMILES string of the molecule is CC[C@H](C)[C@@H]([C@@H](CC(=O)N1CCC[C@H]1[C@H](OC)[C@@H](C)C(=O)N[C@H](C)[C@@H](OCNC(=O)[C@@H](N)CCCNC(N)=O)c1ccccc1)OC)N(C)C(=O)[C@@H](NC(=O)[C@H](C(C)C)N(C)C(=O)OC(C)(C)C)C(C)C. The molecule has 1 saturated heterocycles. The summed E-state index contributed by atoms with van der Waals surface area (Å²) in [5.74, 6) is -3.30. The Morgan fingerprint density at radius 1 is 0.845 bits per heavy atom. The van der Waals surface area contributed by atoms with Crippen molar-refractivity contribution in [1.29, 1.82) is 0 Å². The van der Waals surface area contributed by atoms with Gasteiger partial charge >= 0.3 is 12.1 Å². The number of methoxy groups -OCH3 is 2. The second kappa shape index (κ2) is 29.5. The van der Waals surface area contributed by atoms with Gasteiger partial charge in [-0.1, -0.05) is 85.2 Å². The third-order valence-electron chi connectivity index (χ3n) is 13.3. The van der Waals surface area contributed by atoms with Gasteiger partial charge < -0.3 is 61.5 Å². The molecule has 0 aliphatic carbocycles. The van der Waals surface area contributed by atoms with Gasteiger partial charge in [-0.15, -0.1) is 0 Å². The normalized spacial score (nSPS) is 18.2. The highest BCUT2D eigenvalue weighted by molar-refractivity contribution is 5.92. The maximum atomic E-state index is 14.6. The number of rotatable bonds is 28. The molecule has 8 amide bonds. The summed E-state index contributed by atoms with van der Waals surface area (Å²) in [5, 5.41) is 11.2. The average Bonchev–Trinajstić information content (AvgIpc) is 3.79. The number of carbonyl (C=O) groups excluding carboxylic acids is 7. The standard InChI is InChI=1S/C51H89N9O11/c1-16-32(6)42(58(12)48(65)40(30(2)3)57-47(64)41(31(4)5)59(13)50(67)71-51(9,10)11)38(68-14)28-39(61)60-27-21-25-37(60)43(69-15)33(7)45(62)56-34(8)44(35-22-18-17-19-23-35)70-29-55-46(63)36(52)24-20-26-54-49(53)66/h17-19,22-23,30-34,36-38,40-44H,16,20-21,24-29,52H2,1-15H3,(H,55,63)(H,56,62)(H,57,64)(H3,53,54,66)/t32-,33+,34+,36-,37-,38+,40-,41-,42-,43+,44+/m0/s1. The van der Waals surface area contributed by atoms with Gasteiger partial charge in [0, 0.05) is 41.4 Å². The molecule has 404 valence electrons. The highest BCUT2D eigenvalue weighted by atomic mass is 16.6. The highest BCUT2D eigenvalue weighted by Crippen LogP contribution is 2.30. The zero-order valence-electron chi connectivity index (χ0n) is 45.2. The van der Waals surface area contributed by atoms with E-state index in [1.54, 1.807) is 51.5 Å². The number of hydrogen-bond donors (Lipinski definition) is 6.